The fourth-order valence-corrected chi connectivity index (χ4v) is 2.88. The number of alkyl halides is 16. The zero-order chi connectivity index (χ0) is 28.3. The molecule has 0 radical (unpaired) electrons. The largest absolute Gasteiger partial charge is 0.478 e. The number of aliphatic carboxylic acids is 1. The van der Waals surface area contributed by atoms with Gasteiger partial charge in [0.25, 0.3) is 10.0 Å². The Labute approximate surface area is 174 Å². The van der Waals surface area contributed by atoms with Crippen molar-refractivity contribution in [3.05, 3.63) is 11.4 Å². The van der Waals surface area contributed by atoms with Gasteiger partial charge >= 0.3 is 47.4 Å². The van der Waals surface area contributed by atoms with Crippen molar-refractivity contribution >= 4 is 16.0 Å². The predicted octanol–water partition coefficient (Wildman–Crippen LogP) is 4.77. The predicted molar refractivity (Wildman–Crippen MR) is 69.3 cm³/mol. The first-order chi connectivity index (χ1) is 14.4. The van der Waals surface area contributed by atoms with Crippen LogP contribution in [0.2, 0.25) is 0 Å². The Morgan fingerprint density at radius 1 is 0.735 bits per heavy atom. The van der Waals surface area contributed by atoms with Crippen molar-refractivity contribution < 1.29 is 93.0 Å². The highest BCUT2D eigenvalue weighted by molar-refractivity contribution is 7.90. The van der Waals surface area contributed by atoms with Crippen LogP contribution in [-0.2, 0) is 14.8 Å². The summed E-state index contributed by atoms with van der Waals surface area (Å²) in [5.41, 5.74) is -4.18. The second-order valence-corrected chi connectivity index (χ2v) is 7.75. The molecule has 5 nitrogen and oxygen atoms in total. The monoisotopic (exact) mass is 569 g/mol. The maximum atomic E-state index is 13.8. The highest BCUT2D eigenvalue weighted by Gasteiger charge is 2.87. The van der Waals surface area contributed by atoms with E-state index >= 15 is 0 Å². The highest BCUT2D eigenvalue weighted by Crippen LogP contribution is 2.56. The van der Waals surface area contributed by atoms with Gasteiger partial charge in [0.1, 0.15) is 0 Å². The van der Waals surface area contributed by atoms with E-state index < -0.39 is 80.2 Å². The molecule has 0 aromatic carbocycles. The molecular formula is C11H4F17NO4S. The van der Waals surface area contributed by atoms with Crippen molar-refractivity contribution in [2.24, 2.45) is 0 Å². The first-order valence-corrected chi connectivity index (χ1v) is 8.47. The van der Waals surface area contributed by atoms with Crippen LogP contribution in [0.3, 0.4) is 0 Å². The number of hydrogen-bond donors (Lipinski definition) is 1. The van der Waals surface area contributed by atoms with Gasteiger partial charge in [-0.1, -0.05) is 0 Å². The third kappa shape index (κ3) is 4.46. The molecule has 0 saturated carbocycles. The van der Waals surface area contributed by atoms with Crippen LogP contribution < -0.4 is 0 Å². The lowest BCUT2D eigenvalue weighted by molar-refractivity contribution is -0.383. The molecule has 0 atom stereocenters. The van der Waals surface area contributed by atoms with Gasteiger partial charge in [0.05, 0.1) is 0 Å². The third-order valence-electron chi connectivity index (χ3n) is 3.57. The molecule has 34 heavy (non-hydrogen) atoms. The van der Waals surface area contributed by atoms with Crippen LogP contribution in [0, 0.1) is 0 Å². The summed E-state index contributed by atoms with van der Waals surface area (Å²) in [7, 11) is -9.95. The quantitative estimate of drug-likeness (QED) is 0.260. The van der Waals surface area contributed by atoms with Crippen LogP contribution in [0.1, 0.15) is 0 Å². The Morgan fingerprint density at radius 2 is 1.09 bits per heavy atom. The van der Waals surface area contributed by atoms with E-state index in [9.17, 15) is 87.8 Å². The van der Waals surface area contributed by atoms with Gasteiger partial charge in [-0.2, -0.15) is 70.2 Å². The molecule has 0 saturated heterocycles. The Balaban J connectivity index is 7.02. The number of halogens is 17. The first kappa shape index (κ1) is 31.9. The lowest BCUT2D eigenvalue weighted by atomic mass is 10.1. The molecule has 0 aliphatic heterocycles. The van der Waals surface area contributed by atoms with Gasteiger partial charge in [0.2, 0.25) is 0 Å². The van der Waals surface area contributed by atoms with Crippen molar-refractivity contribution in [2.75, 3.05) is 7.05 Å². The molecule has 0 bridgehead atoms. The smallest absolute Gasteiger partial charge is 0.460 e. The van der Waals surface area contributed by atoms with E-state index in [1.165, 1.54) is 0 Å². The first-order valence-electron chi connectivity index (χ1n) is 7.03. The molecule has 0 aliphatic carbocycles. The molecule has 23 heteroatoms. The summed E-state index contributed by atoms with van der Waals surface area (Å²) in [6.45, 7) is 0. The van der Waals surface area contributed by atoms with Crippen molar-refractivity contribution in [3.8, 4) is 0 Å². The average molecular weight is 569 g/mol. The molecule has 0 aromatic heterocycles. The fraction of sp³-hybridized carbons (Fsp3) is 0.727. The van der Waals surface area contributed by atoms with E-state index in [0.29, 0.717) is 0 Å². The summed E-state index contributed by atoms with van der Waals surface area (Å²) in [5.74, 6) is -32.3. The zero-order valence-electron chi connectivity index (χ0n) is 15.0. The van der Waals surface area contributed by atoms with Gasteiger partial charge in [0.15, 0.2) is 11.4 Å². The summed E-state index contributed by atoms with van der Waals surface area (Å²) >= 11 is 0. The maximum absolute atomic E-state index is 13.8. The molecule has 1 N–H and O–H groups in total. The number of rotatable bonds is 8. The Kier molecular flexibility index (Phi) is 7.75. The number of carboxylic acids is 1. The minimum atomic E-state index is -8.57. The molecule has 202 valence electrons. The van der Waals surface area contributed by atoms with Crippen molar-refractivity contribution in [1.82, 2.24) is 4.31 Å². The number of carbonyl (C=O) groups is 1. The molecule has 0 rings (SSSR count). The van der Waals surface area contributed by atoms with Crippen molar-refractivity contribution in [3.63, 3.8) is 0 Å². The zero-order valence-corrected chi connectivity index (χ0v) is 15.8. The van der Waals surface area contributed by atoms with E-state index in [2.05, 4.69) is 0 Å². The fourth-order valence-electron chi connectivity index (χ4n) is 1.67. The van der Waals surface area contributed by atoms with Gasteiger partial charge in [0, 0.05) is 7.05 Å². The molecule has 0 spiro atoms. The van der Waals surface area contributed by atoms with Crippen LogP contribution >= 0.6 is 0 Å². The standard InChI is InChI=1S/C11H4F17NO4S/c1-29(10(25,26)5(13,14)3(12)2(4(30)31)6(15,16)17)34(32,33)11(27,28)8(20,21)7(18,19)9(22,23)24/h1H3,(H,30,31). The van der Waals surface area contributed by atoms with Gasteiger partial charge in [-0.3, -0.25) is 0 Å². The van der Waals surface area contributed by atoms with E-state index in [0.717, 1.165) is 0 Å². The van der Waals surface area contributed by atoms with E-state index in [-0.39, 0.29) is 0 Å². The summed E-state index contributed by atoms with van der Waals surface area (Å²) in [4.78, 5) is 10.3. The molecular weight excluding hydrogens is 565 g/mol. The van der Waals surface area contributed by atoms with E-state index in [1.54, 1.807) is 0 Å². The van der Waals surface area contributed by atoms with Gasteiger partial charge in [-0.05, 0) is 0 Å². The van der Waals surface area contributed by atoms with Crippen molar-refractivity contribution in [1.29, 1.82) is 0 Å². The lowest BCUT2D eigenvalue weighted by Gasteiger charge is -2.38. The molecule has 0 aliphatic rings. The third-order valence-corrected chi connectivity index (χ3v) is 5.42. The van der Waals surface area contributed by atoms with Gasteiger partial charge in [-0.25, -0.2) is 17.6 Å². The molecule has 0 fully saturated rings. The molecule has 0 heterocycles. The number of hydrogen-bond acceptors (Lipinski definition) is 3. The molecule has 0 amide bonds. The molecule has 0 unspecified atom stereocenters. The average Bonchev–Trinajstić information content (AvgIpc) is 2.57. The normalized spacial score (nSPS) is 16.6. The number of sulfonamides is 1. The molecule has 0 aromatic rings. The van der Waals surface area contributed by atoms with E-state index in [1.807, 2.05) is 0 Å². The summed E-state index contributed by atoms with van der Waals surface area (Å²) in [6, 6.07) is -7.45. The van der Waals surface area contributed by atoms with Crippen LogP contribution in [-0.4, -0.2) is 72.3 Å². The second-order valence-electron chi connectivity index (χ2n) is 5.74. The number of carboxylic acid groups (broad SMARTS) is 1. The van der Waals surface area contributed by atoms with Crippen LogP contribution in [0.4, 0.5) is 74.6 Å². The van der Waals surface area contributed by atoms with Gasteiger partial charge in [-0.15, -0.1) is 4.31 Å². The lowest BCUT2D eigenvalue weighted by Crippen LogP contribution is -2.67. The van der Waals surface area contributed by atoms with Crippen LogP contribution in [0.25, 0.3) is 0 Å². The second kappa shape index (κ2) is 8.26. The Morgan fingerprint density at radius 3 is 1.35 bits per heavy atom. The van der Waals surface area contributed by atoms with Gasteiger partial charge < -0.3 is 5.11 Å². The maximum Gasteiger partial charge on any atom is 0.460 e. The topological polar surface area (TPSA) is 74.7 Å². The summed E-state index contributed by atoms with van der Waals surface area (Å²) < 4.78 is 240. The minimum absolute atomic E-state index is 1.37. The number of nitrogens with zero attached hydrogens (tertiary/aromatic N) is 1. The van der Waals surface area contributed by atoms with E-state index in [4.69, 9.17) is 5.11 Å². The minimum Gasteiger partial charge on any atom is -0.478 e. The Hall–Kier alpha value is -2.07. The summed E-state index contributed by atoms with van der Waals surface area (Å²) in [6.07, 6.45) is -14.5. The highest BCUT2D eigenvalue weighted by atomic mass is 32.2. The van der Waals surface area contributed by atoms with Crippen LogP contribution in [0.5, 0.6) is 0 Å². The van der Waals surface area contributed by atoms with Crippen molar-refractivity contribution in [2.45, 2.75) is 41.4 Å². The SMILES string of the molecule is CN(C(F)(F)C(F)(F)C(F)=C(C(=O)O)C(F)(F)F)S(=O)(=O)C(F)(F)C(F)(F)C(F)(F)C(F)(F)F. The Bertz CT molecular complexity index is 945. The summed E-state index contributed by atoms with van der Waals surface area (Å²) in [5, 5.41) is 0.00915. The van der Waals surface area contributed by atoms with Crippen LogP contribution in [0.15, 0.2) is 11.4 Å².